The van der Waals surface area contributed by atoms with Gasteiger partial charge in [0.05, 0.1) is 11.4 Å². The summed E-state index contributed by atoms with van der Waals surface area (Å²) in [7, 11) is 2.06. The minimum absolute atomic E-state index is 0.0703. The quantitative estimate of drug-likeness (QED) is 0.638. The van der Waals surface area contributed by atoms with E-state index in [1.54, 1.807) is 23.9 Å². The minimum Gasteiger partial charge on any atom is -0.337 e. The molecule has 1 atom stereocenters. The average molecular weight is 413 g/mol. The summed E-state index contributed by atoms with van der Waals surface area (Å²) in [5, 5.41) is 2.02. The standard InChI is InChI=1S/C21H28N6OS/c1-16(17-8-9-22-15-23-17)25(2)14-18-19(24-21-27(18)12-13-29-21)20(28)26-10-6-4-3-5-7-11-26/h8-9,12-13,15-16H,3-7,10-11,14H2,1-2H3/t16-/m1/s1. The number of imidazole rings is 1. The Balaban J connectivity index is 1.60. The van der Waals surface area contributed by atoms with Crippen LogP contribution < -0.4 is 0 Å². The zero-order valence-electron chi connectivity index (χ0n) is 17.1. The molecule has 0 spiro atoms. The second-order valence-corrected chi connectivity index (χ2v) is 8.62. The van der Waals surface area contributed by atoms with Gasteiger partial charge < -0.3 is 4.90 Å². The highest BCUT2D eigenvalue weighted by atomic mass is 32.1. The first-order valence-electron chi connectivity index (χ1n) is 10.3. The number of thiazole rings is 1. The summed E-state index contributed by atoms with van der Waals surface area (Å²) in [6, 6.07) is 2.04. The van der Waals surface area contributed by atoms with Crippen molar-refractivity contribution < 1.29 is 4.79 Å². The molecule has 3 aromatic rings. The number of carbonyl (C=O) groups is 1. The van der Waals surface area contributed by atoms with Crippen LogP contribution in [0.5, 0.6) is 0 Å². The van der Waals surface area contributed by atoms with Gasteiger partial charge in [-0.1, -0.05) is 19.3 Å². The molecule has 0 aliphatic carbocycles. The lowest BCUT2D eigenvalue weighted by atomic mass is 10.1. The smallest absolute Gasteiger partial charge is 0.274 e. The van der Waals surface area contributed by atoms with Gasteiger partial charge in [0.25, 0.3) is 5.91 Å². The second kappa shape index (κ2) is 9.00. The van der Waals surface area contributed by atoms with Crippen LogP contribution >= 0.6 is 11.3 Å². The van der Waals surface area contributed by atoms with Gasteiger partial charge in [0.1, 0.15) is 6.33 Å². The van der Waals surface area contributed by atoms with Crippen LogP contribution in [0.2, 0.25) is 0 Å². The van der Waals surface area contributed by atoms with E-state index in [9.17, 15) is 4.79 Å². The number of aromatic nitrogens is 4. The van der Waals surface area contributed by atoms with Crippen molar-refractivity contribution in [2.45, 2.75) is 51.6 Å². The number of carbonyl (C=O) groups excluding carboxylic acids is 1. The molecule has 0 saturated carbocycles. The summed E-state index contributed by atoms with van der Waals surface area (Å²) in [5.41, 5.74) is 2.51. The number of hydrogen-bond donors (Lipinski definition) is 0. The molecule has 0 aromatic carbocycles. The van der Waals surface area contributed by atoms with Crippen molar-refractivity contribution in [2.24, 2.45) is 0 Å². The molecule has 1 aliphatic rings. The van der Waals surface area contributed by atoms with E-state index in [4.69, 9.17) is 4.98 Å². The molecule has 1 amide bonds. The average Bonchev–Trinajstić information content (AvgIpc) is 3.30. The third-order valence-corrected chi connectivity index (χ3v) is 6.56. The van der Waals surface area contributed by atoms with E-state index in [0.29, 0.717) is 12.2 Å². The van der Waals surface area contributed by atoms with Crippen molar-refractivity contribution in [2.75, 3.05) is 20.1 Å². The molecule has 0 N–H and O–H groups in total. The van der Waals surface area contributed by atoms with E-state index in [2.05, 4.69) is 33.2 Å². The van der Waals surface area contributed by atoms with Gasteiger partial charge in [-0.25, -0.2) is 15.0 Å². The first-order chi connectivity index (χ1) is 14.1. The van der Waals surface area contributed by atoms with Crippen molar-refractivity contribution in [3.05, 3.63) is 47.2 Å². The van der Waals surface area contributed by atoms with Crippen molar-refractivity contribution in [3.8, 4) is 0 Å². The maximum Gasteiger partial charge on any atom is 0.274 e. The van der Waals surface area contributed by atoms with Gasteiger partial charge >= 0.3 is 0 Å². The van der Waals surface area contributed by atoms with E-state index < -0.39 is 0 Å². The van der Waals surface area contributed by atoms with Crippen LogP contribution in [0.4, 0.5) is 0 Å². The molecule has 0 unspecified atom stereocenters. The molecule has 8 heteroatoms. The Kier molecular flexibility index (Phi) is 6.20. The summed E-state index contributed by atoms with van der Waals surface area (Å²) in [4.78, 5) is 31.6. The van der Waals surface area contributed by atoms with E-state index >= 15 is 0 Å². The fourth-order valence-corrected chi connectivity index (χ4v) is 4.64. The first-order valence-corrected chi connectivity index (χ1v) is 11.2. The third kappa shape index (κ3) is 4.33. The van der Waals surface area contributed by atoms with E-state index in [0.717, 1.165) is 42.3 Å². The van der Waals surface area contributed by atoms with E-state index in [1.807, 2.05) is 22.5 Å². The molecule has 1 aliphatic heterocycles. The Morgan fingerprint density at radius 2 is 2.00 bits per heavy atom. The zero-order chi connectivity index (χ0) is 20.2. The van der Waals surface area contributed by atoms with Crippen LogP contribution in [0.1, 0.15) is 66.9 Å². The lowest BCUT2D eigenvalue weighted by molar-refractivity contribution is 0.0734. The predicted octanol–water partition coefficient (Wildman–Crippen LogP) is 3.79. The van der Waals surface area contributed by atoms with E-state index in [1.165, 1.54) is 19.3 Å². The van der Waals surface area contributed by atoms with Gasteiger partial charge in [0.15, 0.2) is 10.7 Å². The Morgan fingerprint density at radius 1 is 1.24 bits per heavy atom. The minimum atomic E-state index is 0.0703. The zero-order valence-corrected chi connectivity index (χ0v) is 17.9. The van der Waals surface area contributed by atoms with Crippen LogP contribution in [0, 0.1) is 0 Å². The van der Waals surface area contributed by atoms with Crippen LogP contribution in [-0.4, -0.2) is 55.2 Å². The molecule has 1 saturated heterocycles. The summed E-state index contributed by atoms with van der Waals surface area (Å²) in [5.74, 6) is 0.0703. The number of hydrogen-bond acceptors (Lipinski definition) is 6. The molecule has 0 bridgehead atoms. The van der Waals surface area contributed by atoms with Crippen LogP contribution in [0.3, 0.4) is 0 Å². The number of rotatable bonds is 5. The SMILES string of the molecule is C[C@H](c1ccncn1)N(C)Cc1c(C(=O)N2CCCCCCC2)nc2sccn12. The fraction of sp³-hybridized carbons (Fsp3) is 0.524. The highest BCUT2D eigenvalue weighted by Gasteiger charge is 2.26. The number of likely N-dealkylation sites (tertiary alicyclic amines) is 1. The van der Waals surface area contributed by atoms with Gasteiger partial charge in [-0.2, -0.15) is 0 Å². The van der Waals surface area contributed by atoms with Crippen LogP contribution in [0.25, 0.3) is 4.96 Å². The van der Waals surface area contributed by atoms with Gasteiger partial charge in [0.2, 0.25) is 0 Å². The van der Waals surface area contributed by atoms with Gasteiger partial charge in [-0.3, -0.25) is 14.1 Å². The highest BCUT2D eigenvalue weighted by molar-refractivity contribution is 7.15. The Bertz CT molecular complexity index is 945. The summed E-state index contributed by atoms with van der Waals surface area (Å²) in [6.45, 7) is 4.40. The highest BCUT2D eigenvalue weighted by Crippen LogP contribution is 2.24. The van der Waals surface area contributed by atoms with Crippen molar-refractivity contribution in [1.82, 2.24) is 29.2 Å². The molecule has 4 heterocycles. The molecule has 154 valence electrons. The third-order valence-electron chi connectivity index (χ3n) is 5.80. The number of fused-ring (bicyclic) bond motifs is 1. The Labute approximate surface area is 175 Å². The monoisotopic (exact) mass is 412 g/mol. The van der Waals surface area contributed by atoms with Crippen LogP contribution in [0.15, 0.2) is 30.2 Å². The van der Waals surface area contributed by atoms with Crippen molar-refractivity contribution in [3.63, 3.8) is 0 Å². The summed E-state index contributed by atoms with van der Waals surface area (Å²) < 4.78 is 2.06. The van der Waals surface area contributed by atoms with Gasteiger partial charge in [0, 0.05) is 43.4 Å². The first kappa shape index (κ1) is 20.0. The maximum absolute atomic E-state index is 13.4. The number of nitrogens with zero attached hydrogens (tertiary/aromatic N) is 6. The summed E-state index contributed by atoms with van der Waals surface area (Å²) in [6.07, 6.45) is 11.2. The topological polar surface area (TPSA) is 66.6 Å². The molecule has 1 fully saturated rings. The summed E-state index contributed by atoms with van der Waals surface area (Å²) >= 11 is 1.57. The van der Waals surface area contributed by atoms with Crippen molar-refractivity contribution >= 4 is 22.2 Å². The largest absolute Gasteiger partial charge is 0.337 e. The molecular weight excluding hydrogens is 384 g/mol. The molecule has 7 nitrogen and oxygen atoms in total. The predicted molar refractivity (Wildman–Crippen MR) is 114 cm³/mol. The number of amides is 1. The molecule has 4 rings (SSSR count). The molecule has 0 radical (unpaired) electrons. The lowest BCUT2D eigenvalue weighted by Gasteiger charge is -2.26. The second-order valence-electron chi connectivity index (χ2n) is 7.75. The van der Waals surface area contributed by atoms with Crippen LogP contribution in [-0.2, 0) is 6.54 Å². The molecule has 3 aromatic heterocycles. The molecule has 29 heavy (non-hydrogen) atoms. The van der Waals surface area contributed by atoms with Gasteiger partial charge in [-0.05, 0) is 32.9 Å². The Hall–Kier alpha value is -2.32. The van der Waals surface area contributed by atoms with E-state index in [-0.39, 0.29) is 11.9 Å². The fourth-order valence-electron chi connectivity index (χ4n) is 3.90. The maximum atomic E-state index is 13.4. The molecular formula is C21H28N6OS. The normalized spacial score (nSPS) is 16.7. The Morgan fingerprint density at radius 3 is 2.72 bits per heavy atom. The van der Waals surface area contributed by atoms with Gasteiger partial charge in [-0.15, -0.1) is 11.3 Å². The van der Waals surface area contributed by atoms with Crippen molar-refractivity contribution in [1.29, 1.82) is 0 Å². The lowest BCUT2D eigenvalue weighted by Crippen LogP contribution is -2.35.